The van der Waals surface area contributed by atoms with Gasteiger partial charge >= 0.3 is 11.9 Å². The molecule has 1 aromatic carbocycles. The first kappa shape index (κ1) is 107. The first-order chi connectivity index (χ1) is 57.5. The van der Waals surface area contributed by atoms with Crippen molar-refractivity contribution in [2.45, 2.75) is 249 Å². The van der Waals surface area contributed by atoms with Gasteiger partial charge in [0.25, 0.3) is 0 Å². The van der Waals surface area contributed by atoms with Gasteiger partial charge in [-0.05, 0) is 114 Å². The molecule has 17 atom stereocenters. The van der Waals surface area contributed by atoms with E-state index in [-0.39, 0.29) is 119 Å². The minimum Gasteiger partial charge on any atom is -0.481 e. The second-order valence-corrected chi connectivity index (χ2v) is 31.5. The van der Waals surface area contributed by atoms with Crippen molar-refractivity contribution in [2.24, 2.45) is 62.1 Å². The van der Waals surface area contributed by atoms with Gasteiger partial charge in [-0.3, -0.25) is 86.7 Å². The van der Waals surface area contributed by atoms with E-state index in [0.29, 0.717) is 31.2 Å². The summed E-state index contributed by atoms with van der Waals surface area (Å²) in [5, 5.41) is 75.7. The summed E-state index contributed by atoms with van der Waals surface area (Å²) in [6, 6.07) is -12.3. The number of amides is 15. The molecule has 122 heavy (non-hydrogen) atoms. The van der Waals surface area contributed by atoms with Crippen molar-refractivity contribution in [3.63, 3.8) is 0 Å². The highest BCUT2D eigenvalue weighted by atomic mass is 32.2. The van der Waals surface area contributed by atoms with Crippen molar-refractivity contribution < 1.29 is 102 Å². The number of aliphatic carboxylic acids is 2. The van der Waals surface area contributed by atoms with Gasteiger partial charge in [0.2, 0.25) is 88.6 Å². The van der Waals surface area contributed by atoms with Gasteiger partial charge in [-0.25, -0.2) is 4.79 Å². The number of unbranched alkanes of at least 4 members (excludes halogenated alkanes) is 1. The van der Waals surface area contributed by atoms with Crippen LogP contribution in [0.15, 0.2) is 40.3 Å². The monoisotopic (exact) mass is 1760 g/mol. The van der Waals surface area contributed by atoms with Crippen molar-refractivity contribution in [3.05, 3.63) is 35.9 Å². The fourth-order valence-corrected chi connectivity index (χ4v) is 13.4. The van der Waals surface area contributed by atoms with Gasteiger partial charge < -0.3 is 134 Å². The Bertz CT molecular complexity index is 3710. The number of guanidine groups is 2. The van der Waals surface area contributed by atoms with E-state index in [2.05, 4.69) is 97.0 Å². The third kappa shape index (κ3) is 39.9. The molecule has 0 unspecified atom stereocenters. The maximum Gasteiger partial charge on any atom is 0.327 e. The molecule has 0 radical (unpaired) electrons. The third-order valence-electron chi connectivity index (χ3n) is 19.6. The lowest BCUT2D eigenvalue weighted by atomic mass is 9.97. The van der Waals surface area contributed by atoms with Crippen molar-refractivity contribution in [2.75, 3.05) is 56.7 Å². The quantitative estimate of drug-likeness (QED) is 0.00947. The summed E-state index contributed by atoms with van der Waals surface area (Å²) in [4.78, 5) is 241. The topological polar surface area (TPSA) is 724 Å². The average molecular weight is 1770 g/mol. The molecule has 0 bridgehead atoms. The molecule has 1 aliphatic rings. The Morgan fingerprint density at radius 2 is 1.02 bits per heavy atom. The van der Waals surface area contributed by atoms with E-state index in [9.17, 15) is 102 Å². The Hall–Kier alpha value is -10.7. The van der Waals surface area contributed by atoms with Crippen molar-refractivity contribution in [3.8, 4) is 0 Å². The molecule has 44 nitrogen and oxygen atoms in total. The molecular formula is C76H129N23O21S2. The zero-order valence-corrected chi connectivity index (χ0v) is 72.4. The number of carbonyl (C=O) groups is 17. The number of thioether (sulfide) groups is 1. The molecule has 15 amide bonds. The summed E-state index contributed by atoms with van der Waals surface area (Å²) in [5.41, 5.74) is 34.3. The Labute approximate surface area is 718 Å². The SMILES string of the molecule is CC[C@H](C)[C@H](NC(=O)[C@H](CS)NC(=O)[C@H](CCCN=C(N)N)NC(=O)[C@@H]1CCCN1C(=O)CNC(=O)[C@H](CC(C)C)NC(=O)[C@H](CO)NC(=O)[C@@H](NC(=O)[C@@H](N)CCCN=C(N)N)[C@@H](C)CC)C(=O)N[C@@H](CCCCN)C(=O)N[C@@H](C)C(=O)N[C@@H](Cc1ccccc1)C(=O)N[C@H](C(=O)N[C@@H](CCC(=O)O)C(=O)N[C@@H](CSCNC(C)=O)C(=O)O)[C@@H](C)O. The van der Waals surface area contributed by atoms with E-state index in [4.69, 9.17) is 34.4 Å². The molecule has 1 fully saturated rings. The summed E-state index contributed by atoms with van der Waals surface area (Å²) in [6.45, 7) is 12.7. The molecular weight excluding hydrogens is 1640 g/mol. The molecule has 46 heteroatoms. The number of carboxylic acid groups (broad SMARTS) is 2. The fourth-order valence-electron chi connectivity index (χ4n) is 12.2. The smallest absolute Gasteiger partial charge is 0.327 e. The number of rotatable bonds is 58. The molecule has 2 rings (SSSR count). The van der Waals surface area contributed by atoms with Crippen LogP contribution in [-0.4, -0.2) is 285 Å². The molecule has 1 saturated heterocycles. The highest BCUT2D eigenvalue weighted by Crippen LogP contribution is 2.20. The number of nitrogens with two attached hydrogens (primary N) is 6. The van der Waals surface area contributed by atoms with E-state index < -0.39 is 229 Å². The van der Waals surface area contributed by atoms with Crippen molar-refractivity contribution in [1.29, 1.82) is 0 Å². The molecule has 1 heterocycles. The van der Waals surface area contributed by atoms with E-state index in [1.54, 1.807) is 71.9 Å². The number of hydrogen-bond donors (Lipinski definition) is 25. The normalized spacial score (nSPS) is 16.3. The number of likely N-dealkylation sites (tertiary alicyclic amines) is 1. The Kier molecular flexibility index (Phi) is 50.0. The van der Waals surface area contributed by atoms with Crippen LogP contribution in [0.2, 0.25) is 0 Å². The number of nitrogens with zero attached hydrogens (tertiary/aromatic N) is 3. The summed E-state index contributed by atoms with van der Waals surface area (Å²) in [6.07, 6.45) is -1.17. The molecule has 30 N–H and O–H groups in total. The zero-order valence-electron chi connectivity index (χ0n) is 70.6. The zero-order chi connectivity index (χ0) is 92.0. The molecule has 686 valence electrons. The van der Waals surface area contributed by atoms with E-state index in [1.165, 1.54) is 18.7 Å². The average Bonchev–Trinajstić information content (AvgIpc) is 1.62. The summed E-state index contributed by atoms with van der Waals surface area (Å²) in [7, 11) is 0. The number of nitrogens with one attached hydrogen (secondary N) is 14. The fraction of sp³-hybridized carbons (Fsp3) is 0.671. The van der Waals surface area contributed by atoms with Crippen LogP contribution in [0, 0.1) is 17.8 Å². The summed E-state index contributed by atoms with van der Waals surface area (Å²) >= 11 is 5.29. The van der Waals surface area contributed by atoms with Gasteiger partial charge in [0, 0.05) is 50.9 Å². The first-order valence-corrected chi connectivity index (χ1v) is 42.3. The second-order valence-electron chi connectivity index (χ2n) is 30.1. The molecule has 1 aliphatic heterocycles. The maximum absolute atomic E-state index is 14.6. The van der Waals surface area contributed by atoms with Crippen molar-refractivity contribution in [1.82, 2.24) is 79.3 Å². The van der Waals surface area contributed by atoms with Crippen LogP contribution < -0.4 is 109 Å². The maximum atomic E-state index is 14.6. The second kappa shape index (κ2) is 56.8. The molecule has 0 aromatic heterocycles. The largest absolute Gasteiger partial charge is 0.481 e. The number of aliphatic hydroxyl groups excluding tert-OH is 2. The predicted molar refractivity (Wildman–Crippen MR) is 454 cm³/mol. The number of aliphatic imine (C=N–C) groups is 2. The number of aliphatic hydroxyl groups is 2. The lowest BCUT2D eigenvalue weighted by Gasteiger charge is -2.30. The Morgan fingerprint density at radius 3 is 1.54 bits per heavy atom. The van der Waals surface area contributed by atoms with Crippen LogP contribution in [0.5, 0.6) is 0 Å². The number of hydrogen-bond acceptors (Lipinski definition) is 25. The number of carbonyl (C=O) groups excluding carboxylic acids is 15. The van der Waals surface area contributed by atoms with E-state index in [0.717, 1.165) is 18.7 Å². The van der Waals surface area contributed by atoms with E-state index >= 15 is 0 Å². The molecule has 0 aliphatic carbocycles. The lowest BCUT2D eigenvalue weighted by molar-refractivity contribution is -0.142. The summed E-state index contributed by atoms with van der Waals surface area (Å²) in [5.74, 6) is -18.6. The molecule has 0 spiro atoms. The van der Waals surface area contributed by atoms with Crippen molar-refractivity contribution >= 4 is 137 Å². The molecule has 0 saturated carbocycles. The highest BCUT2D eigenvalue weighted by molar-refractivity contribution is 7.99. The van der Waals surface area contributed by atoms with Crippen LogP contribution in [0.1, 0.15) is 158 Å². The lowest BCUT2D eigenvalue weighted by Crippen LogP contribution is -2.62. The van der Waals surface area contributed by atoms with Gasteiger partial charge in [-0.15, -0.1) is 11.8 Å². The third-order valence-corrected chi connectivity index (χ3v) is 20.9. The van der Waals surface area contributed by atoms with Crippen LogP contribution in [0.25, 0.3) is 0 Å². The van der Waals surface area contributed by atoms with Crippen LogP contribution in [0.4, 0.5) is 0 Å². The first-order valence-electron chi connectivity index (χ1n) is 40.5. The number of thiol groups is 1. The minimum atomic E-state index is -1.90. The Morgan fingerprint density at radius 1 is 0.541 bits per heavy atom. The minimum absolute atomic E-state index is 0.0156. The van der Waals surface area contributed by atoms with Crippen LogP contribution >= 0.6 is 24.4 Å². The van der Waals surface area contributed by atoms with Crippen LogP contribution in [0.3, 0.4) is 0 Å². The van der Waals surface area contributed by atoms with Gasteiger partial charge in [0.1, 0.15) is 78.5 Å². The van der Waals surface area contributed by atoms with E-state index in [1.807, 2.05) is 0 Å². The van der Waals surface area contributed by atoms with Gasteiger partial charge in [-0.1, -0.05) is 84.7 Å². The number of benzene rings is 1. The highest BCUT2D eigenvalue weighted by Gasteiger charge is 2.41. The van der Waals surface area contributed by atoms with Crippen LogP contribution in [-0.2, 0) is 87.9 Å². The summed E-state index contributed by atoms with van der Waals surface area (Å²) < 4.78 is 0. The van der Waals surface area contributed by atoms with Gasteiger partial charge in [-0.2, -0.15) is 12.6 Å². The number of carboxylic acids is 2. The van der Waals surface area contributed by atoms with Gasteiger partial charge in [0.15, 0.2) is 11.9 Å². The predicted octanol–water partition coefficient (Wildman–Crippen LogP) is -7.05. The molecule has 1 aromatic rings. The standard InChI is InChI=1S/C76H129N23O21S2/c1-10-40(5)58(96-62(107)46(78)22-17-29-83-75(79)80)72(117)93-52(35-100)68(113)92-50(32-39(3)4)63(108)85-34-56(103)99-31-19-25-55(99)70(115)88-48(24-18-30-84-76(81)82)65(110)94-53(36-121)69(114)97-59(41(6)11-2)71(116)89-47(23-15-16-28-77)64(109)87-42(7)61(106)91-51(33-45-20-13-12-14-21-45)67(112)98-60(43(8)101)73(118)90-49(26-27-57(104)105)66(111)95-54(74(119)120)37-122-38-86-44(9)102/h12-14,20-21,39-43,46-55,58-60,100-101,121H,10-11,15-19,22-38,77-78H2,1-9H3,(H,85,108)(H,86,102)(H,87,109)(H,88,115)(H,89,116)(H,90,118)(H,91,106)(H,92,113)(H,93,117)(H,94,110)(H,95,111)(H,96,107)(H,97,114)(H,98,112)(H,104,105)(H,119,120)(H4,79,80,83)(H4,81,82,84)/t40-,41-,42-,43+,46-,47-,48-,49-,50-,51-,52-,53-,54-,55-,58-,59-,60-/m0/s1. The van der Waals surface area contributed by atoms with Gasteiger partial charge in [0.05, 0.1) is 31.2 Å². The Balaban J connectivity index is 2.37.